The van der Waals surface area contributed by atoms with Crippen molar-refractivity contribution in [1.82, 2.24) is 10.4 Å². The number of rotatable bonds is 12. The van der Waals surface area contributed by atoms with Crippen LogP contribution in [0.2, 0.25) is 0 Å². The lowest BCUT2D eigenvalue weighted by molar-refractivity contribution is -0.140. The summed E-state index contributed by atoms with van der Waals surface area (Å²) in [7, 11) is 0. The molecule has 0 saturated carbocycles. The molecule has 1 N–H and O–H groups in total. The van der Waals surface area contributed by atoms with E-state index in [4.69, 9.17) is 0 Å². The second-order valence-electron chi connectivity index (χ2n) is 7.22. The molecule has 0 aromatic rings. The molecule has 25 heavy (non-hydrogen) atoms. The molecule has 0 aromatic carbocycles. The van der Waals surface area contributed by atoms with Crippen molar-refractivity contribution in [3.63, 3.8) is 0 Å². The second kappa shape index (κ2) is 12.9. The summed E-state index contributed by atoms with van der Waals surface area (Å²) in [5.74, 6) is -0.108. The Morgan fingerprint density at radius 1 is 1.08 bits per heavy atom. The molecule has 0 aliphatic carbocycles. The van der Waals surface area contributed by atoms with Crippen LogP contribution in [0.1, 0.15) is 97.8 Å². The van der Waals surface area contributed by atoms with Gasteiger partial charge in [0.1, 0.15) is 0 Å². The van der Waals surface area contributed by atoms with Crippen molar-refractivity contribution < 1.29 is 9.59 Å². The topological polar surface area (TPSA) is 61.8 Å². The summed E-state index contributed by atoms with van der Waals surface area (Å²) >= 11 is 0. The van der Waals surface area contributed by atoms with Crippen molar-refractivity contribution in [3.05, 3.63) is 0 Å². The molecule has 5 heteroatoms. The van der Waals surface area contributed by atoms with Gasteiger partial charge >= 0.3 is 0 Å². The third kappa shape index (κ3) is 9.61. The summed E-state index contributed by atoms with van der Waals surface area (Å²) in [6.07, 6.45) is 12.8. The highest BCUT2D eigenvalue weighted by Crippen LogP contribution is 2.11. The van der Waals surface area contributed by atoms with Crippen LogP contribution in [0, 0.1) is 0 Å². The van der Waals surface area contributed by atoms with Crippen LogP contribution in [0.3, 0.4) is 0 Å². The number of unbranched alkanes of at least 4 members (excludes halogenated alkanes) is 8. The zero-order chi connectivity index (χ0) is 18.5. The molecular weight excluding hydrogens is 314 g/mol. The van der Waals surface area contributed by atoms with Crippen molar-refractivity contribution in [2.24, 2.45) is 4.99 Å². The van der Waals surface area contributed by atoms with Gasteiger partial charge in [-0.1, -0.05) is 65.2 Å². The lowest BCUT2D eigenvalue weighted by Gasteiger charge is -2.23. The normalized spacial score (nSPS) is 18.0. The van der Waals surface area contributed by atoms with Gasteiger partial charge in [0.2, 0.25) is 11.8 Å². The molecule has 1 aliphatic rings. The lowest BCUT2D eigenvalue weighted by atomic mass is 10.1. The van der Waals surface area contributed by atoms with Gasteiger partial charge in [-0.3, -0.25) is 25.0 Å². The second-order valence-corrected chi connectivity index (χ2v) is 7.22. The van der Waals surface area contributed by atoms with Crippen LogP contribution in [-0.2, 0) is 9.59 Å². The van der Waals surface area contributed by atoms with Crippen LogP contribution >= 0.6 is 0 Å². The lowest BCUT2D eigenvalue weighted by Crippen LogP contribution is -2.48. The predicted molar refractivity (Wildman–Crippen MR) is 104 cm³/mol. The Balaban J connectivity index is 2.16. The quantitative estimate of drug-likeness (QED) is 0.529. The number of nitrogens with zero attached hydrogens (tertiary/aromatic N) is 2. The standard InChI is InChI=1S/C20H37N3O2/c1-4-6-7-8-9-10-11-12-13-14-19(24)22-23-16-18(5-2)21-17(3)15-20(23)25/h18H,4-16H2,1-3H3,(H,22,24). The van der Waals surface area contributed by atoms with E-state index in [9.17, 15) is 9.59 Å². The van der Waals surface area contributed by atoms with E-state index in [1.54, 1.807) is 0 Å². The predicted octanol–water partition coefficient (Wildman–Crippen LogP) is 4.41. The number of hydrazine groups is 1. The Morgan fingerprint density at radius 3 is 2.28 bits per heavy atom. The zero-order valence-electron chi connectivity index (χ0n) is 16.5. The van der Waals surface area contributed by atoms with Crippen molar-refractivity contribution in [2.45, 2.75) is 104 Å². The Morgan fingerprint density at radius 2 is 1.68 bits per heavy atom. The van der Waals surface area contributed by atoms with E-state index in [1.807, 2.05) is 6.92 Å². The summed E-state index contributed by atoms with van der Waals surface area (Å²) in [4.78, 5) is 28.8. The van der Waals surface area contributed by atoms with E-state index in [-0.39, 0.29) is 17.9 Å². The molecule has 0 aromatic heterocycles. The minimum atomic E-state index is -0.0578. The molecule has 0 spiro atoms. The molecule has 0 radical (unpaired) electrons. The summed E-state index contributed by atoms with van der Waals surface area (Å²) in [5, 5.41) is 1.48. The van der Waals surface area contributed by atoms with Gasteiger partial charge < -0.3 is 0 Å². The van der Waals surface area contributed by atoms with E-state index < -0.39 is 0 Å². The summed E-state index contributed by atoms with van der Waals surface area (Å²) in [6.45, 7) is 6.66. The Hall–Kier alpha value is -1.39. The number of hydrogen-bond donors (Lipinski definition) is 1. The average molecular weight is 352 g/mol. The van der Waals surface area contributed by atoms with Gasteiger partial charge in [0.05, 0.1) is 19.0 Å². The van der Waals surface area contributed by atoms with Gasteiger partial charge in [-0.15, -0.1) is 0 Å². The highest BCUT2D eigenvalue weighted by Gasteiger charge is 2.23. The molecule has 1 aliphatic heterocycles. The van der Waals surface area contributed by atoms with Crippen LogP contribution in [0.4, 0.5) is 0 Å². The first kappa shape index (κ1) is 21.7. The molecule has 2 amide bonds. The Labute approximate surface area is 153 Å². The van der Waals surface area contributed by atoms with Crippen molar-refractivity contribution in [3.8, 4) is 0 Å². The smallest absolute Gasteiger partial charge is 0.246 e. The molecule has 0 saturated heterocycles. The van der Waals surface area contributed by atoms with Gasteiger partial charge in [-0.25, -0.2) is 0 Å². The largest absolute Gasteiger partial charge is 0.289 e. The minimum Gasteiger partial charge on any atom is -0.289 e. The maximum absolute atomic E-state index is 12.2. The maximum Gasteiger partial charge on any atom is 0.246 e. The van der Waals surface area contributed by atoms with E-state index >= 15 is 0 Å². The van der Waals surface area contributed by atoms with Crippen LogP contribution in [0.5, 0.6) is 0 Å². The van der Waals surface area contributed by atoms with Crippen molar-refractivity contribution in [1.29, 1.82) is 0 Å². The van der Waals surface area contributed by atoms with E-state index in [0.29, 0.717) is 19.4 Å². The number of amides is 2. The summed E-state index contributed by atoms with van der Waals surface area (Å²) in [6, 6.07) is 0.0828. The van der Waals surface area contributed by atoms with E-state index in [1.165, 1.54) is 50.0 Å². The zero-order valence-corrected chi connectivity index (χ0v) is 16.5. The molecule has 0 bridgehead atoms. The fourth-order valence-corrected chi connectivity index (χ4v) is 3.16. The molecule has 1 atom stereocenters. The highest BCUT2D eigenvalue weighted by molar-refractivity contribution is 6.00. The summed E-state index contributed by atoms with van der Waals surface area (Å²) in [5.41, 5.74) is 3.64. The van der Waals surface area contributed by atoms with Gasteiger partial charge in [0, 0.05) is 12.1 Å². The van der Waals surface area contributed by atoms with Gasteiger partial charge in [-0.2, -0.15) is 0 Å². The first-order chi connectivity index (χ1) is 12.1. The Bertz CT molecular complexity index is 435. The van der Waals surface area contributed by atoms with Crippen molar-refractivity contribution in [2.75, 3.05) is 6.54 Å². The van der Waals surface area contributed by atoms with Gasteiger partial charge in [0.15, 0.2) is 0 Å². The van der Waals surface area contributed by atoms with Crippen molar-refractivity contribution >= 4 is 17.5 Å². The van der Waals surface area contributed by atoms with Gasteiger partial charge in [-0.05, 0) is 19.8 Å². The molecular formula is C20H37N3O2. The monoisotopic (exact) mass is 351 g/mol. The number of carbonyl (C=O) groups is 2. The fraction of sp³-hybridized carbons (Fsp3) is 0.850. The minimum absolute atomic E-state index is 0.0503. The first-order valence-electron chi connectivity index (χ1n) is 10.2. The molecule has 0 fully saturated rings. The van der Waals surface area contributed by atoms with E-state index in [0.717, 1.165) is 25.0 Å². The van der Waals surface area contributed by atoms with Crippen LogP contribution < -0.4 is 5.43 Å². The number of carbonyl (C=O) groups excluding carboxylic acids is 2. The molecule has 144 valence electrons. The third-order valence-electron chi connectivity index (χ3n) is 4.74. The van der Waals surface area contributed by atoms with Crippen LogP contribution in [0.25, 0.3) is 0 Å². The Kier molecular flexibility index (Phi) is 11.2. The number of aliphatic imine (C=N–C) groups is 1. The van der Waals surface area contributed by atoms with Crippen LogP contribution in [0.15, 0.2) is 4.99 Å². The number of nitrogens with one attached hydrogen (secondary N) is 1. The molecule has 5 nitrogen and oxygen atoms in total. The maximum atomic E-state index is 12.2. The molecule has 1 unspecified atom stereocenters. The SMILES string of the molecule is CCCCCCCCCCCC(=O)NN1CC(CC)N=C(C)CC1=O. The average Bonchev–Trinajstić information content (AvgIpc) is 2.71. The van der Waals surface area contributed by atoms with E-state index in [2.05, 4.69) is 24.3 Å². The summed E-state index contributed by atoms with van der Waals surface area (Å²) < 4.78 is 0. The molecule has 1 heterocycles. The fourth-order valence-electron chi connectivity index (χ4n) is 3.16. The van der Waals surface area contributed by atoms with Gasteiger partial charge in [0.25, 0.3) is 0 Å². The van der Waals surface area contributed by atoms with Crippen LogP contribution in [-0.4, -0.2) is 35.1 Å². The third-order valence-corrected chi connectivity index (χ3v) is 4.74. The highest BCUT2D eigenvalue weighted by atomic mass is 16.2. The first-order valence-corrected chi connectivity index (χ1v) is 10.2. The molecule has 1 rings (SSSR count). The number of hydrogen-bond acceptors (Lipinski definition) is 3.